The summed E-state index contributed by atoms with van der Waals surface area (Å²) >= 11 is 1.63. The molecule has 0 radical (unpaired) electrons. The number of nitrogens with zero attached hydrogens (tertiary/aromatic N) is 2. The molecular formula is C21H18N4O2S. The molecule has 0 fully saturated rings. The van der Waals surface area contributed by atoms with Crippen molar-refractivity contribution in [2.75, 3.05) is 12.4 Å². The number of imidazole rings is 1. The normalized spacial score (nSPS) is 10.8. The molecule has 0 aliphatic heterocycles. The smallest absolute Gasteiger partial charge is 0.255 e. The number of methoxy groups -OCH3 is 1. The summed E-state index contributed by atoms with van der Waals surface area (Å²) < 4.78 is 5.01. The predicted molar refractivity (Wildman–Crippen MR) is 111 cm³/mol. The number of pyridine rings is 1. The lowest BCUT2D eigenvalue weighted by Gasteiger charge is -2.06. The van der Waals surface area contributed by atoms with Crippen molar-refractivity contribution in [1.29, 1.82) is 0 Å². The molecular weight excluding hydrogens is 372 g/mol. The van der Waals surface area contributed by atoms with E-state index >= 15 is 0 Å². The van der Waals surface area contributed by atoms with Crippen LogP contribution in [0.4, 0.5) is 5.69 Å². The molecule has 4 aromatic rings. The van der Waals surface area contributed by atoms with Gasteiger partial charge in [0.15, 0.2) is 5.16 Å². The molecule has 2 heterocycles. The number of thioether (sulfide) groups is 1. The fourth-order valence-corrected chi connectivity index (χ4v) is 3.52. The average molecular weight is 390 g/mol. The number of amides is 1. The molecule has 0 bridgehead atoms. The molecule has 28 heavy (non-hydrogen) atoms. The third-order valence-corrected chi connectivity index (χ3v) is 5.11. The molecule has 140 valence electrons. The quantitative estimate of drug-likeness (QED) is 0.474. The monoisotopic (exact) mass is 390 g/mol. The molecule has 0 aliphatic rings. The highest BCUT2D eigenvalue weighted by atomic mass is 32.2. The number of carbonyl (C=O) groups excluding carboxylic acids is 1. The van der Waals surface area contributed by atoms with Crippen LogP contribution in [0.2, 0.25) is 0 Å². The van der Waals surface area contributed by atoms with Crippen LogP contribution in [0.3, 0.4) is 0 Å². The zero-order chi connectivity index (χ0) is 19.3. The van der Waals surface area contributed by atoms with E-state index in [1.807, 2.05) is 48.5 Å². The second-order valence-corrected chi connectivity index (χ2v) is 7.05. The summed E-state index contributed by atoms with van der Waals surface area (Å²) in [4.78, 5) is 24.3. The third-order valence-electron chi connectivity index (χ3n) is 4.16. The van der Waals surface area contributed by atoms with Gasteiger partial charge in [0.05, 0.1) is 30.0 Å². The number of benzene rings is 2. The predicted octanol–water partition coefficient (Wildman–Crippen LogP) is 4.51. The molecule has 7 heteroatoms. The first kappa shape index (κ1) is 18.1. The molecule has 4 rings (SSSR count). The summed E-state index contributed by atoms with van der Waals surface area (Å²) in [6.45, 7) is 0. The van der Waals surface area contributed by atoms with Crippen LogP contribution in [-0.4, -0.2) is 28.0 Å². The zero-order valence-corrected chi connectivity index (χ0v) is 16.0. The maximum atomic E-state index is 12.4. The summed E-state index contributed by atoms with van der Waals surface area (Å²) in [5, 5.41) is 3.71. The Morgan fingerprint density at radius 3 is 2.64 bits per heavy atom. The van der Waals surface area contributed by atoms with Gasteiger partial charge in [-0.05, 0) is 35.9 Å². The number of ether oxygens (including phenoxy) is 1. The van der Waals surface area contributed by atoms with Crippen LogP contribution in [0.1, 0.15) is 15.9 Å². The molecule has 0 unspecified atom stereocenters. The molecule has 0 atom stereocenters. The van der Waals surface area contributed by atoms with E-state index in [0.29, 0.717) is 17.1 Å². The number of nitrogens with one attached hydrogen (secondary N) is 2. The minimum Gasteiger partial charge on any atom is -0.481 e. The van der Waals surface area contributed by atoms with Gasteiger partial charge in [0.25, 0.3) is 5.91 Å². The molecule has 1 amide bonds. The van der Waals surface area contributed by atoms with E-state index in [9.17, 15) is 4.79 Å². The van der Waals surface area contributed by atoms with Gasteiger partial charge in [-0.3, -0.25) is 4.79 Å². The lowest BCUT2D eigenvalue weighted by atomic mass is 10.1. The van der Waals surface area contributed by atoms with E-state index in [2.05, 4.69) is 20.3 Å². The van der Waals surface area contributed by atoms with Crippen LogP contribution < -0.4 is 10.1 Å². The lowest BCUT2D eigenvalue weighted by Crippen LogP contribution is -2.12. The van der Waals surface area contributed by atoms with Crippen LogP contribution in [0.25, 0.3) is 11.0 Å². The number of rotatable bonds is 6. The molecule has 6 nitrogen and oxygen atoms in total. The number of aromatic nitrogens is 3. The summed E-state index contributed by atoms with van der Waals surface area (Å²) in [6.07, 6.45) is 1.56. The van der Waals surface area contributed by atoms with Gasteiger partial charge in [-0.1, -0.05) is 36.0 Å². The van der Waals surface area contributed by atoms with Crippen molar-refractivity contribution in [3.63, 3.8) is 0 Å². The highest BCUT2D eigenvalue weighted by Gasteiger charge is 2.08. The summed E-state index contributed by atoms with van der Waals surface area (Å²) in [5.74, 6) is 1.09. The fourth-order valence-electron chi connectivity index (χ4n) is 2.68. The minimum absolute atomic E-state index is 0.177. The zero-order valence-electron chi connectivity index (χ0n) is 15.2. The molecule has 0 saturated carbocycles. The Balaban J connectivity index is 1.36. The van der Waals surface area contributed by atoms with Crippen LogP contribution in [0.15, 0.2) is 72.0 Å². The highest BCUT2D eigenvalue weighted by molar-refractivity contribution is 7.98. The first-order valence-corrected chi connectivity index (χ1v) is 9.68. The minimum atomic E-state index is -0.177. The molecule has 2 N–H and O–H groups in total. The highest BCUT2D eigenvalue weighted by Crippen LogP contribution is 2.23. The maximum absolute atomic E-state index is 12.4. The fraction of sp³-hybridized carbons (Fsp3) is 0.0952. The maximum Gasteiger partial charge on any atom is 0.255 e. The number of H-pyrrole nitrogens is 1. The van der Waals surface area contributed by atoms with Gasteiger partial charge in [-0.15, -0.1) is 0 Å². The van der Waals surface area contributed by atoms with Crippen LogP contribution >= 0.6 is 11.8 Å². The Bertz CT molecular complexity index is 1060. The third kappa shape index (κ3) is 4.15. The van der Waals surface area contributed by atoms with Gasteiger partial charge in [0.1, 0.15) is 0 Å². The van der Waals surface area contributed by atoms with Crippen LogP contribution in [-0.2, 0) is 5.75 Å². The number of anilines is 1. The van der Waals surface area contributed by atoms with E-state index in [4.69, 9.17) is 4.74 Å². The van der Waals surface area contributed by atoms with Gasteiger partial charge in [0.2, 0.25) is 5.88 Å². The van der Waals surface area contributed by atoms with E-state index in [-0.39, 0.29) is 5.91 Å². The number of carbonyl (C=O) groups is 1. The van der Waals surface area contributed by atoms with Gasteiger partial charge in [-0.2, -0.15) is 0 Å². The average Bonchev–Trinajstić information content (AvgIpc) is 3.16. The Labute approximate surface area is 166 Å². The summed E-state index contributed by atoms with van der Waals surface area (Å²) in [7, 11) is 1.55. The Kier molecular flexibility index (Phi) is 5.25. The second-order valence-electron chi connectivity index (χ2n) is 6.09. The van der Waals surface area contributed by atoms with Gasteiger partial charge in [0, 0.05) is 17.4 Å². The van der Waals surface area contributed by atoms with Crippen molar-refractivity contribution >= 4 is 34.4 Å². The van der Waals surface area contributed by atoms with E-state index in [0.717, 1.165) is 27.5 Å². The first-order chi connectivity index (χ1) is 13.7. The second kappa shape index (κ2) is 8.14. The molecule has 0 saturated heterocycles. The van der Waals surface area contributed by atoms with Crippen molar-refractivity contribution in [2.24, 2.45) is 0 Å². The largest absolute Gasteiger partial charge is 0.481 e. The van der Waals surface area contributed by atoms with Crippen LogP contribution in [0, 0.1) is 0 Å². The summed E-state index contributed by atoms with van der Waals surface area (Å²) in [5.41, 5.74) is 4.33. The van der Waals surface area contributed by atoms with Gasteiger partial charge >= 0.3 is 0 Å². The first-order valence-electron chi connectivity index (χ1n) is 8.69. The van der Waals surface area contributed by atoms with Crippen molar-refractivity contribution < 1.29 is 9.53 Å². The Morgan fingerprint density at radius 2 is 1.93 bits per heavy atom. The number of para-hydroxylation sites is 2. The van der Waals surface area contributed by atoms with Crippen LogP contribution in [0.5, 0.6) is 5.88 Å². The Morgan fingerprint density at radius 1 is 1.11 bits per heavy atom. The van der Waals surface area contributed by atoms with Crippen molar-refractivity contribution in [3.8, 4) is 5.88 Å². The molecule has 0 aliphatic carbocycles. The van der Waals surface area contributed by atoms with Crippen molar-refractivity contribution in [3.05, 3.63) is 78.0 Å². The number of hydrogen-bond donors (Lipinski definition) is 2. The van der Waals surface area contributed by atoms with E-state index < -0.39 is 0 Å². The molecule has 0 spiro atoms. The van der Waals surface area contributed by atoms with Gasteiger partial charge in [-0.25, -0.2) is 9.97 Å². The van der Waals surface area contributed by atoms with Crippen molar-refractivity contribution in [1.82, 2.24) is 15.0 Å². The standard InChI is InChI=1S/C21H18N4O2S/c1-27-19-11-10-16(12-22-19)23-20(26)15-8-6-14(7-9-15)13-28-21-24-17-4-2-3-5-18(17)25-21/h2-12H,13H2,1H3,(H,23,26)(H,24,25). The molecule has 2 aromatic heterocycles. The number of fused-ring (bicyclic) bond motifs is 1. The molecule has 2 aromatic carbocycles. The van der Waals surface area contributed by atoms with E-state index in [1.165, 1.54) is 0 Å². The topological polar surface area (TPSA) is 79.9 Å². The number of aromatic amines is 1. The SMILES string of the molecule is COc1ccc(NC(=O)c2ccc(CSc3nc4ccccc4[nH]3)cc2)cn1. The van der Waals surface area contributed by atoms with Crippen molar-refractivity contribution in [2.45, 2.75) is 10.9 Å². The Hall–Kier alpha value is -3.32. The van der Waals surface area contributed by atoms with Gasteiger partial charge < -0.3 is 15.0 Å². The summed E-state index contributed by atoms with van der Waals surface area (Å²) in [6, 6.07) is 19.0. The van der Waals surface area contributed by atoms with E-state index in [1.54, 1.807) is 37.2 Å². The lowest BCUT2D eigenvalue weighted by molar-refractivity contribution is 0.102. The number of hydrogen-bond acceptors (Lipinski definition) is 5.